The van der Waals surface area contributed by atoms with Gasteiger partial charge in [-0.05, 0) is 6.42 Å². The molecule has 2 rings (SSSR count). The Morgan fingerprint density at radius 3 is 3.11 bits per heavy atom. The second-order valence-corrected chi connectivity index (χ2v) is 4.54. The second-order valence-electron chi connectivity index (χ2n) is 4.54. The molecule has 1 unspecified atom stereocenters. The molecule has 1 aliphatic heterocycles. The normalized spacial score (nSPS) is 19.4. The average Bonchev–Trinajstić information content (AvgIpc) is 2.76. The van der Waals surface area contributed by atoms with Crippen molar-refractivity contribution in [3.8, 4) is 0 Å². The third-order valence-electron chi connectivity index (χ3n) is 3.21. The van der Waals surface area contributed by atoms with E-state index in [2.05, 4.69) is 15.6 Å². The van der Waals surface area contributed by atoms with Crippen molar-refractivity contribution < 1.29 is 9.59 Å². The average molecular weight is 250 g/mol. The molecule has 1 aromatic heterocycles. The first-order chi connectivity index (χ1) is 8.66. The molecular formula is C12H18N4O2. The fourth-order valence-electron chi connectivity index (χ4n) is 2.04. The van der Waals surface area contributed by atoms with Crippen molar-refractivity contribution in [2.45, 2.75) is 19.3 Å². The van der Waals surface area contributed by atoms with Crippen LogP contribution in [0.2, 0.25) is 0 Å². The molecule has 1 fully saturated rings. The first-order valence-corrected chi connectivity index (χ1v) is 6.17. The van der Waals surface area contributed by atoms with Crippen LogP contribution in [0, 0.1) is 5.92 Å². The van der Waals surface area contributed by atoms with E-state index in [4.69, 9.17) is 0 Å². The number of hydrogen-bond donors (Lipinski definition) is 2. The van der Waals surface area contributed by atoms with Crippen LogP contribution in [0.4, 0.5) is 0 Å². The lowest BCUT2D eigenvalue weighted by molar-refractivity contribution is -0.128. The SMILES string of the molecule is Cn1ccnc1CCNC(=O)C1CCC(=O)NC1. The van der Waals surface area contributed by atoms with E-state index in [0.717, 1.165) is 5.82 Å². The molecule has 2 N–H and O–H groups in total. The van der Waals surface area contributed by atoms with Gasteiger partial charge in [0.15, 0.2) is 0 Å². The van der Waals surface area contributed by atoms with Gasteiger partial charge in [-0.1, -0.05) is 0 Å². The predicted molar refractivity (Wildman–Crippen MR) is 65.7 cm³/mol. The fourth-order valence-corrected chi connectivity index (χ4v) is 2.04. The molecule has 1 saturated heterocycles. The third-order valence-corrected chi connectivity index (χ3v) is 3.21. The molecule has 0 spiro atoms. The summed E-state index contributed by atoms with van der Waals surface area (Å²) in [6.45, 7) is 1.03. The van der Waals surface area contributed by atoms with Gasteiger partial charge >= 0.3 is 0 Å². The van der Waals surface area contributed by atoms with Crippen LogP contribution in [0.3, 0.4) is 0 Å². The number of rotatable bonds is 4. The molecule has 1 aliphatic rings. The Bertz CT molecular complexity index is 431. The van der Waals surface area contributed by atoms with E-state index < -0.39 is 0 Å². The summed E-state index contributed by atoms with van der Waals surface area (Å²) in [6, 6.07) is 0. The summed E-state index contributed by atoms with van der Waals surface area (Å²) in [4.78, 5) is 27.0. The molecule has 0 bridgehead atoms. The maximum atomic E-state index is 11.8. The maximum Gasteiger partial charge on any atom is 0.224 e. The first kappa shape index (κ1) is 12.6. The zero-order valence-electron chi connectivity index (χ0n) is 10.5. The minimum absolute atomic E-state index is 0.0178. The van der Waals surface area contributed by atoms with Crippen molar-refractivity contribution in [2.24, 2.45) is 13.0 Å². The van der Waals surface area contributed by atoms with Crippen LogP contribution in [0.15, 0.2) is 12.4 Å². The summed E-state index contributed by atoms with van der Waals surface area (Å²) in [5, 5.41) is 5.60. The molecule has 0 saturated carbocycles. The minimum Gasteiger partial charge on any atom is -0.355 e. The second kappa shape index (κ2) is 5.66. The lowest BCUT2D eigenvalue weighted by Crippen LogP contribution is -2.43. The van der Waals surface area contributed by atoms with Gasteiger partial charge in [-0.3, -0.25) is 9.59 Å². The summed E-state index contributed by atoms with van der Waals surface area (Å²) in [5.74, 6) is 0.910. The lowest BCUT2D eigenvalue weighted by atomic mass is 9.98. The van der Waals surface area contributed by atoms with Crippen LogP contribution in [0.5, 0.6) is 0 Å². The Balaban J connectivity index is 1.72. The summed E-state index contributed by atoms with van der Waals surface area (Å²) < 4.78 is 1.94. The first-order valence-electron chi connectivity index (χ1n) is 6.17. The lowest BCUT2D eigenvalue weighted by Gasteiger charge is -2.21. The molecule has 2 heterocycles. The van der Waals surface area contributed by atoms with Gasteiger partial charge in [-0.15, -0.1) is 0 Å². The smallest absolute Gasteiger partial charge is 0.224 e. The number of piperidine rings is 1. The molecule has 1 aromatic rings. The van der Waals surface area contributed by atoms with Gasteiger partial charge in [0.2, 0.25) is 11.8 Å². The molecule has 18 heavy (non-hydrogen) atoms. The van der Waals surface area contributed by atoms with Crippen LogP contribution >= 0.6 is 0 Å². The molecule has 6 heteroatoms. The molecule has 98 valence electrons. The number of nitrogens with zero attached hydrogens (tertiary/aromatic N) is 2. The van der Waals surface area contributed by atoms with E-state index in [-0.39, 0.29) is 17.7 Å². The standard InChI is InChI=1S/C12H18N4O2/c1-16-7-6-13-10(16)4-5-14-12(18)9-2-3-11(17)15-8-9/h6-7,9H,2-5,8H2,1H3,(H,14,18)(H,15,17). The molecule has 0 aliphatic carbocycles. The zero-order valence-corrected chi connectivity index (χ0v) is 10.5. The highest BCUT2D eigenvalue weighted by Crippen LogP contribution is 2.10. The number of amides is 2. The molecular weight excluding hydrogens is 232 g/mol. The Morgan fingerprint density at radius 2 is 2.50 bits per heavy atom. The van der Waals surface area contributed by atoms with Crippen LogP contribution in [-0.4, -0.2) is 34.5 Å². The molecule has 0 aromatic carbocycles. The van der Waals surface area contributed by atoms with Crippen LogP contribution in [0.1, 0.15) is 18.7 Å². The van der Waals surface area contributed by atoms with Gasteiger partial charge in [-0.25, -0.2) is 4.98 Å². The summed E-state index contributed by atoms with van der Waals surface area (Å²) >= 11 is 0. The highest BCUT2D eigenvalue weighted by atomic mass is 16.2. The number of aromatic nitrogens is 2. The van der Waals surface area contributed by atoms with E-state index in [9.17, 15) is 9.59 Å². The summed E-state index contributed by atoms with van der Waals surface area (Å²) in [7, 11) is 1.93. The predicted octanol–water partition coefficient (Wildman–Crippen LogP) is -0.395. The van der Waals surface area contributed by atoms with Crippen molar-refractivity contribution in [1.29, 1.82) is 0 Å². The number of imidazole rings is 1. The topological polar surface area (TPSA) is 76.0 Å². The molecule has 6 nitrogen and oxygen atoms in total. The Hall–Kier alpha value is -1.85. The highest BCUT2D eigenvalue weighted by Gasteiger charge is 2.23. The zero-order chi connectivity index (χ0) is 13.0. The van der Waals surface area contributed by atoms with E-state index in [0.29, 0.717) is 32.4 Å². The van der Waals surface area contributed by atoms with Gasteiger partial charge in [0.1, 0.15) is 5.82 Å². The van der Waals surface area contributed by atoms with Gasteiger partial charge < -0.3 is 15.2 Å². The number of nitrogens with one attached hydrogen (secondary N) is 2. The Morgan fingerprint density at radius 1 is 1.67 bits per heavy atom. The van der Waals surface area contributed by atoms with Crippen molar-refractivity contribution >= 4 is 11.8 Å². The van der Waals surface area contributed by atoms with Gasteiger partial charge in [0.05, 0.1) is 5.92 Å². The van der Waals surface area contributed by atoms with Gasteiger partial charge in [0, 0.05) is 45.4 Å². The van der Waals surface area contributed by atoms with Crippen molar-refractivity contribution in [3.05, 3.63) is 18.2 Å². The minimum atomic E-state index is -0.0935. The molecule has 1 atom stereocenters. The number of carbonyl (C=O) groups excluding carboxylic acids is 2. The molecule has 0 radical (unpaired) electrons. The van der Waals surface area contributed by atoms with Crippen molar-refractivity contribution in [3.63, 3.8) is 0 Å². The van der Waals surface area contributed by atoms with E-state index >= 15 is 0 Å². The highest BCUT2D eigenvalue weighted by molar-refractivity contribution is 5.83. The van der Waals surface area contributed by atoms with Gasteiger partial charge in [-0.2, -0.15) is 0 Å². The quantitative estimate of drug-likeness (QED) is 0.764. The van der Waals surface area contributed by atoms with Crippen LogP contribution in [0.25, 0.3) is 0 Å². The fraction of sp³-hybridized carbons (Fsp3) is 0.583. The van der Waals surface area contributed by atoms with E-state index in [1.807, 2.05) is 17.8 Å². The summed E-state index contributed by atoms with van der Waals surface area (Å²) in [6.07, 6.45) is 5.42. The van der Waals surface area contributed by atoms with Gasteiger partial charge in [0.25, 0.3) is 0 Å². The van der Waals surface area contributed by atoms with Crippen molar-refractivity contribution in [1.82, 2.24) is 20.2 Å². The van der Waals surface area contributed by atoms with E-state index in [1.54, 1.807) is 6.20 Å². The Kier molecular flexibility index (Phi) is 3.96. The van der Waals surface area contributed by atoms with E-state index in [1.165, 1.54) is 0 Å². The summed E-state index contributed by atoms with van der Waals surface area (Å²) in [5.41, 5.74) is 0. The van der Waals surface area contributed by atoms with Crippen LogP contribution in [-0.2, 0) is 23.1 Å². The number of aryl methyl sites for hydroxylation is 1. The monoisotopic (exact) mass is 250 g/mol. The Labute approximate surface area is 106 Å². The third kappa shape index (κ3) is 3.09. The number of hydrogen-bond acceptors (Lipinski definition) is 3. The van der Waals surface area contributed by atoms with Crippen molar-refractivity contribution in [2.75, 3.05) is 13.1 Å². The maximum absolute atomic E-state index is 11.8. The molecule has 2 amide bonds. The van der Waals surface area contributed by atoms with Crippen LogP contribution < -0.4 is 10.6 Å². The number of carbonyl (C=O) groups is 2. The largest absolute Gasteiger partial charge is 0.355 e.